The monoisotopic (exact) mass is 330 g/mol. The van der Waals surface area contributed by atoms with E-state index < -0.39 is 10.1 Å². The van der Waals surface area contributed by atoms with Gasteiger partial charge in [-0.1, -0.05) is 30.7 Å². The van der Waals surface area contributed by atoms with E-state index in [0.717, 1.165) is 16.7 Å². The summed E-state index contributed by atoms with van der Waals surface area (Å²) in [5, 5.41) is 0. The molecule has 1 atom stereocenters. The van der Waals surface area contributed by atoms with Gasteiger partial charge in [-0.25, -0.2) is 0 Å². The molecular formula is C18H18O4S. The van der Waals surface area contributed by atoms with Crippen LogP contribution >= 0.6 is 0 Å². The normalized spacial score (nSPS) is 17.2. The first kappa shape index (κ1) is 15.7. The van der Waals surface area contributed by atoms with E-state index in [0.29, 0.717) is 12.0 Å². The fraction of sp³-hybridized carbons (Fsp3) is 0.278. The van der Waals surface area contributed by atoms with Crippen LogP contribution in [0, 0.1) is 13.8 Å². The average molecular weight is 330 g/mol. The van der Waals surface area contributed by atoms with Gasteiger partial charge in [-0.15, -0.1) is 0 Å². The SMILES string of the molecule is Cc1ccc(S(=O)(=O)Oc2ccc(C)c3c2C(=O)CC3C)cc1. The molecule has 1 unspecified atom stereocenters. The summed E-state index contributed by atoms with van der Waals surface area (Å²) in [6.07, 6.45) is 0.390. The Bertz CT molecular complexity index is 880. The Labute approximate surface area is 136 Å². The lowest BCUT2D eigenvalue weighted by atomic mass is 9.98. The predicted octanol–water partition coefficient (Wildman–Crippen LogP) is 3.76. The van der Waals surface area contributed by atoms with E-state index in [-0.39, 0.29) is 22.3 Å². The molecule has 2 aromatic carbocycles. The van der Waals surface area contributed by atoms with Crippen LogP contribution < -0.4 is 4.18 Å². The molecule has 0 fully saturated rings. The number of carbonyl (C=O) groups is 1. The minimum absolute atomic E-state index is 0.0645. The van der Waals surface area contributed by atoms with Crippen molar-refractivity contribution in [1.82, 2.24) is 0 Å². The molecule has 0 bridgehead atoms. The number of aryl methyl sites for hydroxylation is 2. The summed E-state index contributed by atoms with van der Waals surface area (Å²) in [4.78, 5) is 12.3. The van der Waals surface area contributed by atoms with E-state index >= 15 is 0 Å². The topological polar surface area (TPSA) is 60.4 Å². The van der Waals surface area contributed by atoms with Crippen LogP contribution in [0.5, 0.6) is 5.75 Å². The molecule has 1 aliphatic rings. The van der Waals surface area contributed by atoms with Crippen LogP contribution in [0.4, 0.5) is 0 Å². The molecule has 0 N–H and O–H groups in total. The van der Waals surface area contributed by atoms with Crippen molar-refractivity contribution in [2.45, 2.75) is 38.0 Å². The lowest BCUT2D eigenvalue weighted by molar-refractivity contribution is 0.0989. The highest BCUT2D eigenvalue weighted by molar-refractivity contribution is 7.87. The summed E-state index contributed by atoms with van der Waals surface area (Å²) >= 11 is 0. The van der Waals surface area contributed by atoms with Gasteiger partial charge in [-0.2, -0.15) is 8.42 Å². The van der Waals surface area contributed by atoms with Crippen LogP contribution in [-0.2, 0) is 10.1 Å². The highest BCUT2D eigenvalue weighted by atomic mass is 32.2. The molecule has 0 radical (unpaired) electrons. The summed E-state index contributed by atoms with van der Waals surface area (Å²) < 4.78 is 30.2. The van der Waals surface area contributed by atoms with Gasteiger partial charge in [0.25, 0.3) is 0 Å². The first-order valence-electron chi connectivity index (χ1n) is 7.47. The number of rotatable bonds is 3. The highest BCUT2D eigenvalue weighted by Gasteiger charge is 2.32. The number of Topliss-reactive ketones (excluding diaryl/α,β-unsaturated/α-hetero) is 1. The predicted molar refractivity (Wildman–Crippen MR) is 87.5 cm³/mol. The Morgan fingerprint density at radius 3 is 2.35 bits per heavy atom. The zero-order chi connectivity index (χ0) is 16.8. The molecule has 1 aliphatic carbocycles. The summed E-state index contributed by atoms with van der Waals surface area (Å²) in [7, 11) is -3.96. The molecule has 0 saturated heterocycles. The molecule has 0 aliphatic heterocycles. The first-order chi connectivity index (χ1) is 10.8. The summed E-state index contributed by atoms with van der Waals surface area (Å²) in [5.41, 5.74) is 3.25. The molecule has 4 nitrogen and oxygen atoms in total. The largest absolute Gasteiger partial charge is 0.378 e. The Morgan fingerprint density at radius 1 is 1.04 bits per heavy atom. The zero-order valence-electron chi connectivity index (χ0n) is 13.3. The average Bonchev–Trinajstić information content (AvgIpc) is 2.78. The third-order valence-corrected chi connectivity index (χ3v) is 5.45. The number of hydrogen-bond donors (Lipinski definition) is 0. The van der Waals surface area contributed by atoms with Crippen LogP contribution in [0.15, 0.2) is 41.3 Å². The van der Waals surface area contributed by atoms with Crippen LogP contribution in [-0.4, -0.2) is 14.2 Å². The van der Waals surface area contributed by atoms with Gasteiger partial charge in [0, 0.05) is 6.42 Å². The minimum Gasteiger partial charge on any atom is -0.378 e. The maximum Gasteiger partial charge on any atom is 0.339 e. The third-order valence-electron chi connectivity index (χ3n) is 4.20. The first-order valence-corrected chi connectivity index (χ1v) is 8.88. The molecule has 23 heavy (non-hydrogen) atoms. The minimum atomic E-state index is -3.96. The van der Waals surface area contributed by atoms with Gasteiger partial charge < -0.3 is 4.18 Å². The van der Waals surface area contributed by atoms with Gasteiger partial charge in [-0.05, 0) is 49.1 Å². The summed E-state index contributed by atoms with van der Waals surface area (Å²) in [6, 6.07) is 9.79. The van der Waals surface area contributed by atoms with E-state index in [1.807, 2.05) is 20.8 Å². The molecule has 0 saturated carbocycles. The molecule has 0 amide bonds. The smallest absolute Gasteiger partial charge is 0.339 e. The fourth-order valence-corrected chi connectivity index (χ4v) is 3.99. The number of ketones is 1. The Balaban J connectivity index is 2.05. The van der Waals surface area contributed by atoms with Gasteiger partial charge in [-0.3, -0.25) is 4.79 Å². The second-order valence-electron chi connectivity index (χ2n) is 6.05. The zero-order valence-corrected chi connectivity index (χ0v) is 14.1. The lowest BCUT2D eigenvalue weighted by Crippen LogP contribution is -2.12. The van der Waals surface area contributed by atoms with Gasteiger partial charge in [0.15, 0.2) is 11.5 Å². The summed E-state index contributed by atoms with van der Waals surface area (Å²) in [6.45, 7) is 5.77. The van der Waals surface area contributed by atoms with Crippen molar-refractivity contribution < 1.29 is 17.4 Å². The second-order valence-corrected chi connectivity index (χ2v) is 7.59. The Kier molecular flexibility index (Phi) is 3.76. The van der Waals surface area contributed by atoms with E-state index in [4.69, 9.17) is 4.18 Å². The van der Waals surface area contributed by atoms with Crippen molar-refractivity contribution in [3.05, 3.63) is 58.7 Å². The maximum atomic E-state index is 12.5. The van der Waals surface area contributed by atoms with Gasteiger partial charge >= 0.3 is 10.1 Å². The molecule has 0 spiro atoms. The summed E-state index contributed by atoms with van der Waals surface area (Å²) in [5.74, 6) is 0.147. The maximum absolute atomic E-state index is 12.5. The quantitative estimate of drug-likeness (QED) is 0.804. The van der Waals surface area contributed by atoms with E-state index in [1.165, 1.54) is 12.1 Å². The van der Waals surface area contributed by atoms with Crippen molar-refractivity contribution in [2.75, 3.05) is 0 Å². The van der Waals surface area contributed by atoms with Crippen molar-refractivity contribution in [3.63, 3.8) is 0 Å². The van der Waals surface area contributed by atoms with Crippen LogP contribution in [0.25, 0.3) is 0 Å². The Hall–Kier alpha value is -2.14. The number of benzene rings is 2. The molecule has 3 rings (SSSR count). The van der Waals surface area contributed by atoms with Crippen molar-refractivity contribution in [2.24, 2.45) is 0 Å². The Morgan fingerprint density at radius 2 is 1.70 bits per heavy atom. The molecule has 5 heteroatoms. The number of fused-ring (bicyclic) bond motifs is 1. The van der Waals surface area contributed by atoms with Gasteiger partial charge in [0.2, 0.25) is 0 Å². The van der Waals surface area contributed by atoms with Crippen LogP contribution in [0.3, 0.4) is 0 Å². The molecule has 120 valence electrons. The number of carbonyl (C=O) groups excluding carboxylic acids is 1. The van der Waals surface area contributed by atoms with Crippen molar-refractivity contribution in [1.29, 1.82) is 0 Å². The van der Waals surface area contributed by atoms with Crippen LogP contribution in [0.1, 0.15) is 46.3 Å². The van der Waals surface area contributed by atoms with Crippen molar-refractivity contribution in [3.8, 4) is 5.75 Å². The molecule has 0 heterocycles. The lowest BCUT2D eigenvalue weighted by Gasteiger charge is -2.13. The van der Waals surface area contributed by atoms with E-state index in [2.05, 4.69) is 0 Å². The van der Waals surface area contributed by atoms with Gasteiger partial charge in [0.1, 0.15) is 4.90 Å². The van der Waals surface area contributed by atoms with Gasteiger partial charge in [0.05, 0.1) is 5.56 Å². The van der Waals surface area contributed by atoms with E-state index in [1.54, 1.807) is 24.3 Å². The second kappa shape index (κ2) is 5.49. The van der Waals surface area contributed by atoms with Crippen LogP contribution in [0.2, 0.25) is 0 Å². The fourth-order valence-electron chi connectivity index (χ4n) is 3.05. The van der Waals surface area contributed by atoms with Crippen molar-refractivity contribution >= 4 is 15.9 Å². The molecular weight excluding hydrogens is 312 g/mol. The highest BCUT2D eigenvalue weighted by Crippen LogP contribution is 2.40. The third kappa shape index (κ3) is 2.77. The standard InChI is InChI=1S/C18H18O4S/c1-11-4-7-14(8-5-11)23(20,21)22-16-9-6-12(2)17-13(3)10-15(19)18(16)17/h4-9,13H,10H2,1-3H3. The van der Waals surface area contributed by atoms with E-state index in [9.17, 15) is 13.2 Å². The number of hydrogen-bond acceptors (Lipinski definition) is 4. The molecule has 2 aromatic rings. The molecule has 0 aromatic heterocycles.